The third-order valence-electron chi connectivity index (χ3n) is 3.77. The molecule has 0 aliphatic carbocycles. The second-order valence-corrected chi connectivity index (χ2v) is 12.4. The Morgan fingerprint density at radius 1 is 1.00 bits per heavy atom. The largest absolute Gasteiger partial charge is 0.408 e. The van der Waals surface area contributed by atoms with Crippen LogP contribution in [0.3, 0.4) is 0 Å². The van der Waals surface area contributed by atoms with Crippen molar-refractivity contribution in [1.82, 2.24) is 4.98 Å². The van der Waals surface area contributed by atoms with Gasteiger partial charge in [0.2, 0.25) is 0 Å². The van der Waals surface area contributed by atoms with Crippen LogP contribution in [0.25, 0.3) is 0 Å². The van der Waals surface area contributed by atoms with E-state index >= 15 is 0 Å². The first-order chi connectivity index (χ1) is 8.35. The van der Waals surface area contributed by atoms with Gasteiger partial charge in [0, 0.05) is 0 Å². The molecule has 1 aromatic rings. The monoisotopic (exact) mass is 319 g/mol. The minimum Gasteiger partial charge on any atom is -0.408 e. The number of hydrogen-bond acceptors (Lipinski definition) is 2. The summed E-state index contributed by atoms with van der Waals surface area (Å²) in [5, 5.41) is 0.953. The summed E-state index contributed by atoms with van der Waals surface area (Å²) in [6.07, 6.45) is 0. The molecule has 0 atom stereocenters. The van der Waals surface area contributed by atoms with Crippen LogP contribution in [0.2, 0.25) is 28.4 Å². The molecule has 1 heterocycles. The highest BCUT2D eigenvalue weighted by Gasteiger charge is 2.42. The quantitative estimate of drug-likeness (QED) is 0.531. The van der Waals surface area contributed by atoms with Gasteiger partial charge in [-0.05, 0) is 49.7 Å². The normalized spacial score (nSPS) is 13.7. The smallest absolute Gasteiger partial charge is 0.193 e. The third kappa shape index (κ3) is 4.18. The van der Waals surface area contributed by atoms with Crippen molar-refractivity contribution in [2.45, 2.75) is 58.4 Å². The predicted octanol–water partition coefficient (Wildman–Crippen LogP) is 5.65. The Labute approximate surface area is 127 Å². The van der Waals surface area contributed by atoms with Gasteiger partial charge in [-0.3, -0.25) is 0 Å². The lowest BCUT2D eigenvalue weighted by atomic mass is 10.0. The zero-order valence-electron chi connectivity index (χ0n) is 12.8. The molecule has 5 heteroatoms. The molecule has 108 valence electrons. The van der Waals surface area contributed by atoms with Gasteiger partial charge in [0.1, 0.15) is 10.3 Å². The van der Waals surface area contributed by atoms with Crippen LogP contribution in [-0.4, -0.2) is 13.3 Å². The summed E-state index contributed by atoms with van der Waals surface area (Å²) >= 11 is 12.0. The summed E-state index contributed by atoms with van der Waals surface area (Å²) in [7, 11) is -1.86. The van der Waals surface area contributed by atoms with Crippen molar-refractivity contribution < 1.29 is 4.43 Å². The second kappa shape index (κ2) is 5.36. The molecule has 19 heavy (non-hydrogen) atoms. The fraction of sp³-hybridized carbons (Fsp3) is 0.643. The average molecular weight is 320 g/mol. The highest BCUT2D eigenvalue weighted by molar-refractivity contribution is 6.74. The molecule has 0 spiro atoms. The molecule has 0 unspecified atom stereocenters. The van der Waals surface area contributed by atoms with E-state index in [1.54, 1.807) is 0 Å². The van der Waals surface area contributed by atoms with Gasteiger partial charge in [0.05, 0.1) is 5.60 Å². The minimum absolute atomic E-state index is 0.158. The first kappa shape index (κ1) is 17.0. The van der Waals surface area contributed by atoms with Crippen LogP contribution in [0.4, 0.5) is 0 Å². The number of aromatic nitrogens is 1. The van der Waals surface area contributed by atoms with Gasteiger partial charge >= 0.3 is 0 Å². The highest BCUT2D eigenvalue weighted by Crippen LogP contribution is 2.42. The van der Waals surface area contributed by atoms with Gasteiger partial charge in [-0.1, -0.05) is 44.0 Å². The van der Waals surface area contributed by atoms with Crippen LogP contribution >= 0.6 is 23.2 Å². The fourth-order valence-electron chi connectivity index (χ4n) is 1.66. The summed E-state index contributed by atoms with van der Waals surface area (Å²) in [6, 6.07) is 3.64. The summed E-state index contributed by atoms with van der Waals surface area (Å²) < 4.78 is 6.48. The van der Waals surface area contributed by atoms with E-state index < -0.39 is 13.9 Å². The Morgan fingerprint density at radius 3 is 1.79 bits per heavy atom. The third-order valence-corrected chi connectivity index (χ3v) is 8.79. The van der Waals surface area contributed by atoms with Gasteiger partial charge in [-0.2, -0.15) is 0 Å². The Balaban J connectivity index is 3.11. The van der Waals surface area contributed by atoms with E-state index in [2.05, 4.69) is 52.7 Å². The maximum atomic E-state index is 6.48. The lowest BCUT2D eigenvalue weighted by molar-refractivity contribution is 0.0901. The lowest BCUT2D eigenvalue weighted by Crippen LogP contribution is -2.46. The molecule has 0 amide bonds. The molecule has 2 nitrogen and oxygen atoms in total. The zero-order valence-corrected chi connectivity index (χ0v) is 15.3. The molecule has 0 aromatic carbocycles. The Bertz CT molecular complexity index is 447. The highest BCUT2D eigenvalue weighted by atomic mass is 35.5. The molecule has 0 radical (unpaired) electrons. The lowest BCUT2D eigenvalue weighted by Gasteiger charge is -2.43. The zero-order chi connectivity index (χ0) is 15.1. The van der Waals surface area contributed by atoms with Gasteiger partial charge in [0.15, 0.2) is 8.32 Å². The Hall–Kier alpha value is -0.0931. The number of halogens is 2. The molecule has 0 saturated carbocycles. The van der Waals surface area contributed by atoms with Crippen molar-refractivity contribution >= 4 is 31.5 Å². The first-order valence-electron chi connectivity index (χ1n) is 6.39. The van der Waals surface area contributed by atoms with Crippen LogP contribution in [0.15, 0.2) is 12.1 Å². The van der Waals surface area contributed by atoms with E-state index in [0.29, 0.717) is 10.3 Å². The predicted molar refractivity (Wildman–Crippen MR) is 85.6 cm³/mol. The SMILES string of the molecule is CC(C)(O[Si](C)(C)C(C)(C)C)c1cc(Cl)nc(Cl)c1. The Morgan fingerprint density at radius 2 is 1.42 bits per heavy atom. The molecule has 1 rings (SSSR count). The number of hydrogen-bond donors (Lipinski definition) is 0. The van der Waals surface area contributed by atoms with E-state index in [1.807, 2.05) is 12.1 Å². The van der Waals surface area contributed by atoms with E-state index in [4.69, 9.17) is 27.6 Å². The van der Waals surface area contributed by atoms with Crippen LogP contribution in [0, 0.1) is 0 Å². The van der Waals surface area contributed by atoms with Crippen LogP contribution in [-0.2, 0) is 10.0 Å². The van der Waals surface area contributed by atoms with Gasteiger partial charge < -0.3 is 4.43 Å². The van der Waals surface area contributed by atoms with E-state index in [0.717, 1.165) is 5.56 Å². The summed E-state index contributed by atoms with van der Waals surface area (Å²) in [6.45, 7) is 15.2. The van der Waals surface area contributed by atoms with Crippen molar-refractivity contribution in [2.75, 3.05) is 0 Å². The summed E-state index contributed by atoms with van der Waals surface area (Å²) in [5.74, 6) is 0. The second-order valence-electron chi connectivity index (χ2n) is 6.87. The van der Waals surface area contributed by atoms with Crippen molar-refractivity contribution in [3.63, 3.8) is 0 Å². The van der Waals surface area contributed by atoms with Crippen LogP contribution in [0.5, 0.6) is 0 Å². The standard InChI is InChI=1S/C14H23Cl2NOSi/c1-13(2,3)19(6,7)18-14(4,5)10-8-11(15)17-12(16)9-10/h8-9H,1-7H3. The first-order valence-corrected chi connectivity index (χ1v) is 10.1. The molecule has 0 fully saturated rings. The molecule has 0 saturated heterocycles. The van der Waals surface area contributed by atoms with Crippen molar-refractivity contribution in [2.24, 2.45) is 0 Å². The van der Waals surface area contributed by atoms with E-state index in [-0.39, 0.29) is 5.04 Å². The van der Waals surface area contributed by atoms with Crippen molar-refractivity contribution in [3.8, 4) is 0 Å². The number of rotatable bonds is 3. The van der Waals surface area contributed by atoms with Gasteiger partial charge in [0.25, 0.3) is 0 Å². The molecule has 1 aromatic heterocycles. The topological polar surface area (TPSA) is 22.1 Å². The molecular weight excluding hydrogens is 297 g/mol. The molecule has 0 aliphatic heterocycles. The molecule has 0 aliphatic rings. The number of pyridine rings is 1. The fourth-order valence-corrected chi connectivity index (χ4v) is 3.82. The summed E-state index contributed by atoms with van der Waals surface area (Å²) in [5.41, 5.74) is 0.529. The maximum absolute atomic E-state index is 6.48. The summed E-state index contributed by atoms with van der Waals surface area (Å²) in [4.78, 5) is 3.98. The maximum Gasteiger partial charge on any atom is 0.193 e. The van der Waals surface area contributed by atoms with Crippen molar-refractivity contribution in [1.29, 1.82) is 0 Å². The molecule has 0 N–H and O–H groups in total. The average Bonchev–Trinajstić information content (AvgIpc) is 2.12. The van der Waals surface area contributed by atoms with Crippen LogP contribution < -0.4 is 0 Å². The van der Waals surface area contributed by atoms with Gasteiger partial charge in [-0.25, -0.2) is 4.98 Å². The van der Waals surface area contributed by atoms with Crippen molar-refractivity contribution in [3.05, 3.63) is 28.0 Å². The van der Waals surface area contributed by atoms with E-state index in [9.17, 15) is 0 Å². The molecular formula is C14H23Cl2NOSi. The number of nitrogens with zero attached hydrogens (tertiary/aromatic N) is 1. The van der Waals surface area contributed by atoms with E-state index in [1.165, 1.54) is 0 Å². The Kier molecular flexibility index (Phi) is 4.78. The van der Waals surface area contributed by atoms with Gasteiger partial charge in [-0.15, -0.1) is 0 Å². The van der Waals surface area contributed by atoms with Crippen LogP contribution in [0.1, 0.15) is 40.2 Å². The molecule has 0 bridgehead atoms. The minimum atomic E-state index is -1.86.